The molecule has 0 rings (SSSR count). The van der Waals surface area contributed by atoms with Gasteiger partial charge in [0.15, 0.2) is 0 Å². The second-order valence-electron chi connectivity index (χ2n) is 2.31. The maximum atomic E-state index is 11.1. The van der Waals surface area contributed by atoms with Crippen LogP contribution in [-0.2, 0) is 35.0 Å². The Morgan fingerprint density at radius 3 is 2.54 bits per heavy atom. The van der Waals surface area contributed by atoms with Crippen LogP contribution in [0.5, 0.6) is 0 Å². The van der Waals surface area contributed by atoms with Gasteiger partial charge in [0.2, 0.25) is 0 Å². The molecule has 0 aromatic carbocycles. The first-order chi connectivity index (χ1) is 5.99. The van der Waals surface area contributed by atoms with E-state index in [0.29, 0.717) is 6.61 Å². The van der Waals surface area contributed by atoms with E-state index in [4.69, 9.17) is 21.0 Å². The monoisotopic (exact) mass is 224 g/mol. The molecule has 0 fully saturated rings. The molecule has 2 unspecified atom stereocenters. The van der Waals surface area contributed by atoms with E-state index in [1.807, 2.05) is 0 Å². The van der Waals surface area contributed by atoms with Crippen LogP contribution in [0.15, 0.2) is 0 Å². The third-order valence-electron chi connectivity index (χ3n) is 1.28. The lowest BCUT2D eigenvalue weighted by atomic mass is 10.5. The lowest BCUT2D eigenvalue weighted by Gasteiger charge is -2.10. The van der Waals surface area contributed by atoms with Gasteiger partial charge >= 0.3 is 11.9 Å². The number of hydrogen-bond donors (Lipinski definition) is 1. The minimum absolute atomic E-state index is 0.157. The van der Waals surface area contributed by atoms with Crippen molar-refractivity contribution >= 4 is 32.6 Å². The number of carbonyl (C=O) groups excluding carboxylic acids is 1. The molecule has 2 atom stereocenters. The summed E-state index contributed by atoms with van der Waals surface area (Å²) in [5.41, 5.74) is 0. The molecule has 0 aliphatic carbocycles. The average Bonchev–Trinajstić information content (AvgIpc) is 2.02. The SMILES string of the molecule is CCOC(=O)C(C)S(=S)CC(=O)O. The highest BCUT2D eigenvalue weighted by Crippen LogP contribution is 2.00. The third kappa shape index (κ3) is 4.94. The molecule has 0 bridgehead atoms. The van der Waals surface area contributed by atoms with Gasteiger partial charge in [-0.15, -0.1) is 0 Å². The number of aliphatic carboxylic acids is 1. The maximum Gasteiger partial charge on any atom is 0.319 e. The number of ether oxygens (including phenoxy) is 1. The predicted octanol–water partition coefficient (Wildman–Crippen LogP) is 0.103. The molecule has 0 radical (unpaired) electrons. The van der Waals surface area contributed by atoms with Gasteiger partial charge in [-0.1, -0.05) is 20.6 Å². The second-order valence-corrected chi connectivity index (χ2v) is 5.35. The van der Waals surface area contributed by atoms with Crippen molar-refractivity contribution in [3.63, 3.8) is 0 Å². The van der Waals surface area contributed by atoms with Gasteiger partial charge in [0.1, 0.15) is 5.25 Å². The second kappa shape index (κ2) is 6.04. The minimum Gasteiger partial charge on any atom is -0.481 e. The van der Waals surface area contributed by atoms with Gasteiger partial charge in [0.25, 0.3) is 0 Å². The summed E-state index contributed by atoms with van der Waals surface area (Å²) < 4.78 is 4.71. The summed E-state index contributed by atoms with van der Waals surface area (Å²) in [5.74, 6) is -1.55. The van der Waals surface area contributed by atoms with E-state index in [-0.39, 0.29) is 5.75 Å². The number of esters is 1. The third-order valence-corrected chi connectivity index (χ3v) is 4.01. The zero-order valence-corrected chi connectivity index (χ0v) is 9.11. The first kappa shape index (κ1) is 12.5. The van der Waals surface area contributed by atoms with Crippen LogP contribution < -0.4 is 0 Å². The summed E-state index contributed by atoms with van der Waals surface area (Å²) in [7, 11) is -0.867. The zero-order valence-electron chi connectivity index (χ0n) is 7.48. The molecule has 0 aliphatic rings. The van der Waals surface area contributed by atoms with Crippen LogP contribution in [0.25, 0.3) is 0 Å². The Kier molecular flexibility index (Phi) is 5.81. The molecule has 4 nitrogen and oxygen atoms in total. The van der Waals surface area contributed by atoms with Gasteiger partial charge in [-0.25, -0.2) is 0 Å². The number of rotatable bonds is 5. The van der Waals surface area contributed by atoms with E-state index in [1.165, 1.54) is 0 Å². The molecule has 13 heavy (non-hydrogen) atoms. The summed E-state index contributed by atoms with van der Waals surface area (Å²) in [4.78, 5) is 21.4. The van der Waals surface area contributed by atoms with E-state index in [0.717, 1.165) is 0 Å². The Balaban J connectivity index is 4.09. The van der Waals surface area contributed by atoms with Crippen molar-refractivity contribution in [1.29, 1.82) is 0 Å². The van der Waals surface area contributed by atoms with Crippen molar-refractivity contribution in [2.75, 3.05) is 12.4 Å². The number of carbonyl (C=O) groups is 2. The van der Waals surface area contributed by atoms with Gasteiger partial charge in [-0.05, 0) is 13.8 Å². The molecule has 0 heterocycles. The van der Waals surface area contributed by atoms with Crippen molar-refractivity contribution in [3.05, 3.63) is 0 Å². The van der Waals surface area contributed by atoms with E-state index in [1.54, 1.807) is 13.8 Å². The smallest absolute Gasteiger partial charge is 0.319 e. The van der Waals surface area contributed by atoms with Crippen LogP contribution in [-0.4, -0.2) is 34.7 Å². The Bertz CT molecular complexity index is 227. The summed E-state index contributed by atoms with van der Waals surface area (Å²) in [6, 6.07) is 0. The van der Waals surface area contributed by atoms with Crippen LogP contribution in [0.3, 0.4) is 0 Å². The highest BCUT2D eigenvalue weighted by Gasteiger charge is 2.19. The van der Waals surface area contributed by atoms with Crippen molar-refractivity contribution in [1.82, 2.24) is 0 Å². The van der Waals surface area contributed by atoms with Gasteiger partial charge in [-0.3, -0.25) is 9.59 Å². The molecule has 0 aliphatic heterocycles. The van der Waals surface area contributed by atoms with Crippen LogP contribution in [0, 0.1) is 0 Å². The van der Waals surface area contributed by atoms with E-state index >= 15 is 0 Å². The summed E-state index contributed by atoms with van der Waals surface area (Å²) in [5, 5.41) is 7.92. The Hall–Kier alpha value is -0.490. The Morgan fingerprint density at radius 1 is 1.62 bits per heavy atom. The van der Waals surface area contributed by atoms with E-state index < -0.39 is 26.6 Å². The highest BCUT2D eigenvalue weighted by atomic mass is 32.8. The molecule has 0 amide bonds. The summed E-state index contributed by atoms with van der Waals surface area (Å²) >= 11 is 4.87. The number of hydrogen-bond acceptors (Lipinski definition) is 4. The molecular weight excluding hydrogens is 212 g/mol. The van der Waals surface area contributed by atoms with E-state index in [9.17, 15) is 9.59 Å². The van der Waals surface area contributed by atoms with Crippen LogP contribution in [0.1, 0.15) is 13.8 Å². The molecule has 0 saturated carbocycles. The van der Waals surface area contributed by atoms with Crippen molar-refractivity contribution < 1.29 is 19.4 Å². The molecule has 0 aromatic rings. The number of carboxylic acids is 1. The van der Waals surface area contributed by atoms with Crippen molar-refractivity contribution in [3.8, 4) is 0 Å². The standard InChI is InChI=1S/C7H12O4S2/c1-3-11-7(10)5(2)13(12)4-6(8)9/h5H,3-4H2,1-2H3,(H,8,9). The van der Waals surface area contributed by atoms with E-state index in [2.05, 4.69) is 0 Å². The Labute approximate surface area is 83.9 Å². The van der Waals surface area contributed by atoms with Gasteiger partial charge in [0, 0.05) is 0 Å². The van der Waals surface area contributed by atoms with Gasteiger partial charge in [0.05, 0.1) is 12.4 Å². The van der Waals surface area contributed by atoms with Crippen molar-refractivity contribution in [2.45, 2.75) is 19.1 Å². The fourth-order valence-electron chi connectivity index (χ4n) is 0.614. The summed E-state index contributed by atoms with van der Waals surface area (Å²) in [6.07, 6.45) is 0. The lowest BCUT2D eigenvalue weighted by molar-refractivity contribution is -0.142. The van der Waals surface area contributed by atoms with Gasteiger partial charge < -0.3 is 9.84 Å². The molecular formula is C7H12O4S2. The maximum absolute atomic E-state index is 11.1. The van der Waals surface area contributed by atoms with Crippen LogP contribution in [0.4, 0.5) is 0 Å². The van der Waals surface area contributed by atoms with Crippen LogP contribution >= 0.6 is 0 Å². The number of carboxylic acid groups (broad SMARTS) is 1. The molecule has 0 spiro atoms. The normalized spacial score (nSPS) is 14.6. The largest absolute Gasteiger partial charge is 0.481 e. The fourth-order valence-corrected chi connectivity index (χ4v) is 1.93. The zero-order chi connectivity index (χ0) is 10.4. The summed E-state index contributed by atoms with van der Waals surface area (Å²) in [6.45, 7) is 3.59. The quantitative estimate of drug-likeness (QED) is 0.671. The Morgan fingerprint density at radius 2 is 2.15 bits per heavy atom. The highest BCUT2D eigenvalue weighted by molar-refractivity contribution is 8.29. The topological polar surface area (TPSA) is 63.6 Å². The lowest BCUT2D eigenvalue weighted by Crippen LogP contribution is -2.28. The first-order valence-electron chi connectivity index (χ1n) is 3.74. The minimum atomic E-state index is -0.977. The van der Waals surface area contributed by atoms with Crippen molar-refractivity contribution in [2.24, 2.45) is 0 Å². The predicted molar refractivity (Wildman–Crippen MR) is 53.3 cm³/mol. The molecule has 6 heteroatoms. The molecule has 0 saturated heterocycles. The molecule has 1 N–H and O–H groups in total. The average molecular weight is 224 g/mol. The van der Waals surface area contributed by atoms with Gasteiger partial charge in [-0.2, -0.15) is 0 Å². The molecule has 76 valence electrons. The fraction of sp³-hybridized carbons (Fsp3) is 0.714. The van der Waals surface area contributed by atoms with Crippen LogP contribution in [0.2, 0.25) is 0 Å². The first-order valence-corrected chi connectivity index (χ1v) is 6.12. The molecule has 0 aromatic heterocycles.